The third kappa shape index (κ3) is 11.3. The molecule has 224 valence electrons. The van der Waals surface area contributed by atoms with Crippen molar-refractivity contribution in [3.8, 4) is 0 Å². The van der Waals surface area contributed by atoms with Crippen LogP contribution in [0.2, 0.25) is 0 Å². The summed E-state index contributed by atoms with van der Waals surface area (Å²) in [4.78, 5) is 0. The molecule has 0 radical (unpaired) electrons. The minimum atomic E-state index is -1.94. The predicted octanol–water partition coefficient (Wildman–Crippen LogP) is 4.85. The van der Waals surface area contributed by atoms with E-state index in [2.05, 4.69) is 6.92 Å². The molecule has 0 heterocycles. The van der Waals surface area contributed by atoms with Crippen molar-refractivity contribution in [3.05, 3.63) is 0 Å². The molecule has 0 bridgehead atoms. The maximum Gasteiger partial charge on any atom is 0.295 e. The van der Waals surface area contributed by atoms with E-state index in [9.17, 15) is 10.2 Å². The molecule has 0 aromatic heterocycles. The number of unbranched alkanes of at least 4 members (excludes halogenated alkanes) is 6. The average Bonchev–Trinajstić information content (AvgIpc) is 2.83. The van der Waals surface area contributed by atoms with E-state index in [-0.39, 0.29) is 26.4 Å². The molecule has 0 aliphatic heterocycles. The van der Waals surface area contributed by atoms with Crippen LogP contribution in [0.15, 0.2) is 0 Å². The van der Waals surface area contributed by atoms with E-state index in [4.69, 9.17) is 34.2 Å². The molecule has 0 amide bonds. The van der Waals surface area contributed by atoms with Gasteiger partial charge < -0.3 is 38.6 Å². The van der Waals surface area contributed by atoms with Gasteiger partial charge in [-0.1, -0.05) is 45.4 Å². The van der Waals surface area contributed by atoms with Crippen molar-refractivity contribution < 1.29 is 38.6 Å². The van der Waals surface area contributed by atoms with Crippen LogP contribution in [0.25, 0.3) is 0 Å². The molecule has 9 nitrogen and oxygen atoms in total. The Morgan fingerprint density at radius 2 is 1.08 bits per heavy atom. The lowest BCUT2D eigenvalue weighted by Gasteiger charge is -2.55. The number of aliphatic hydroxyl groups excluding tert-OH is 2. The first-order chi connectivity index (χ1) is 17.7. The van der Waals surface area contributed by atoms with E-state index in [1.165, 1.54) is 25.7 Å². The largest absolute Gasteiger partial charge is 0.396 e. The van der Waals surface area contributed by atoms with E-state index in [1.54, 1.807) is 0 Å². The molecule has 0 saturated carbocycles. The summed E-state index contributed by atoms with van der Waals surface area (Å²) in [7, 11) is 0. The predicted molar refractivity (Wildman–Crippen MR) is 146 cm³/mol. The van der Waals surface area contributed by atoms with Gasteiger partial charge in [0, 0.05) is 46.1 Å². The summed E-state index contributed by atoms with van der Waals surface area (Å²) in [5, 5.41) is 19.2. The summed E-state index contributed by atoms with van der Waals surface area (Å²) in [5.41, 5.74) is 6.98. The quantitative estimate of drug-likeness (QED) is 0.105. The van der Waals surface area contributed by atoms with Crippen molar-refractivity contribution in [1.82, 2.24) is 0 Å². The topological polar surface area (TPSA) is 122 Å². The normalized spacial score (nSPS) is 17.4. The van der Waals surface area contributed by atoms with Crippen LogP contribution in [-0.2, 0) is 28.4 Å². The smallest absolute Gasteiger partial charge is 0.295 e. The van der Waals surface area contributed by atoms with E-state index >= 15 is 0 Å². The Kier molecular flexibility index (Phi) is 20.3. The monoisotopic (exact) mass is 537 g/mol. The van der Waals surface area contributed by atoms with Crippen LogP contribution >= 0.6 is 0 Å². The standard InChI is InChI=1S/C28H59NO8/c1-8-13-14-15-16-17-18-21-26(32-9-2,33-10-3)27(34-11-4,36-24(6)19-22-30)28(29,35-12-5)37-25(7)20-23-31/h24-25,30-31H,8-23,29H2,1-7H3. The second-order valence-corrected chi connectivity index (χ2v) is 9.52. The summed E-state index contributed by atoms with van der Waals surface area (Å²) in [5.74, 6) is -5.23. The highest BCUT2D eigenvalue weighted by molar-refractivity contribution is 5.00. The first-order valence-corrected chi connectivity index (χ1v) is 14.6. The number of ether oxygens (including phenoxy) is 6. The molecule has 37 heavy (non-hydrogen) atoms. The summed E-state index contributed by atoms with van der Waals surface area (Å²) in [6.07, 6.45) is 7.96. The fourth-order valence-corrected chi connectivity index (χ4v) is 4.69. The SMILES string of the molecule is CCCCCCCCCC(OCC)(OCC)C(OCC)(OC(C)CCO)C(N)(OCC)OC(C)CCO. The van der Waals surface area contributed by atoms with Crippen molar-refractivity contribution in [2.24, 2.45) is 5.73 Å². The molecule has 4 atom stereocenters. The van der Waals surface area contributed by atoms with Gasteiger partial charge in [0.2, 0.25) is 5.79 Å². The molecule has 0 fully saturated rings. The molecule has 0 spiro atoms. The lowest BCUT2D eigenvalue weighted by Crippen LogP contribution is -2.78. The molecule has 0 rings (SSSR count). The lowest BCUT2D eigenvalue weighted by molar-refractivity contribution is -0.505. The number of hydrogen-bond acceptors (Lipinski definition) is 9. The van der Waals surface area contributed by atoms with Crippen LogP contribution in [0.3, 0.4) is 0 Å². The molecule has 4 N–H and O–H groups in total. The highest BCUT2D eigenvalue weighted by atomic mass is 16.8. The average molecular weight is 538 g/mol. The zero-order valence-corrected chi connectivity index (χ0v) is 24.9. The van der Waals surface area contributed by atoms with Gasteiger partial charge in [0.25, 0.3) is 11.7 Å². The lowest BCUT2D eigenvalue weighted by atomic mass is 9.92. The van der Waals surface area contributed by atoms with Crippen LogP contribution in [0, 0.1) is 0 Å². The second-order valence-electron chi connectivity index (χ2n) is 9.52. The second kappa shape index (κ2) is 20.5. The van der Waals surface area contributed by atoms with Crippen LogP contribution in [-0.4, -0.2) is 79.5 Å². The Bertz CT molecular complexity index is 534. The highest BCUT2D eigenvalue weighted by Crippen LogP contribution is 2.46. The van der Waals surface area contributed by atoms with Gasteiger partial charge in [-0.3, -0.25) is 5.73 Å². The minimum Gasteiger partial charge on any atom is -0.396 e. The van der Waals surface area contributed by atoms with Gasteiger partial charge >= 0.3 is 0 Å². The van der Waals surface area contributed by atoms with Gasteiger partial charge in [-0.2, -0.15) is 0 Å². The van der Waals surface area contributed by atoms with Crippen LogP contribution in [0.1, 0.15) is 113 Å². The molecule has 0 saturated heterocycles. The van der Waals surface area contributed by atoms with Crippen molar-refractivity contribution >= 4 is 0 Å². The van der Waals surface area contributed by atoms with Gasteiger partial charge in [0.05, 0.1) is 12.2 Å². The van der Waals surface area contributed by atoms with Gasteiger partial charge in [0.1, 0.15) is 0 Å². The third-order valence-electron chi connectivity index (χ3n) is 6.35. The highest BCUT2D eigenvalue weighted by Gasteiger charge is 2.70. The first kappa shape index (κ1) is 36.6. The van der Waals surface area contributed by atoms with E-state index in [1.807, 2.05) is 41.5 Å². The molecular formula is C28H59NO8. The summed E-state index contributed by atoms with van der Waals surface area (Å²) >= 11 is 0. The maximum absolute atomic E-state index is 9.65. The maximum atomic E-state index is 9.65. The van der Waals surface area contributed by atoms with Crippen molar-refractivity contribution in [3.63, 3.8) is 0 Å². The molecule has 0 aliphatic carbocycles. The van der Waals surface area contributed by atoms with E-state index in [0.717, 1.165) is 19.3 Å². The van der Waals surface area contributed by atoms with Gasteiger partial charge in [-0.25, -0.2) is 0 Å². The number of nitrogens with two attached hydrogens (primary N) is 1. The molecule has 0 aromatic rings. The Morgan fingerprint density at radius 3 is 1.54 bits per heavy atom. The minimum absolute atomic E-state index is 0.0765. The zero-order valence-electron chi connectivity index (χ0n) is 24.9. The number of hydrogen-bond donors (Lipinski definition) is 3. The summed E-state index contributed by atoms with van der Waals surface area (Å²) < 4.78 is 38.3. The first-order valence-electron chi connectivity index (χ1n) is 14.6. The van der Waals surface area contributed by atoms with Gasteiger partial charge in [0.15, 0.2) is 0 Å². The Morgan fingerprint density at radius 1 is 0.622 bits per heavy atom. The molecule has 0 aromatic carbocycles. The summed E-state index contributed by atoms with van der Waals surface area (Å²) in [6.45, 7) is 14.2. The molecule has 4 unspecified atom stereocenters. The van der Waals surface area contributed by atoms with Crippen LogP contribution < -0.4 is 5.73 Å². The fourth-order valence-electron chi connectivity index (χ4n) is 4.69. The fraction of sp³-hybridized carbons (Fsp3) is 1.00. The van der Waals surface area contributed by atoms with Crippen molar-refractivity contribution in [2.45, 2.75) is 142 Å². The van der Waals surface area contributed by atoms with Gasteiger partial charge in [-0.15, -0.1) is 0 Å². The molecular weight excluding hydrogens is 478 g/mol. The zero-order chi connectivity index (χ0) is 28.2. The van der Waals surface area contributed by atoms with Crippen molar-refractivity contribution in [2.75, 3.05) is 39.6 Å². The van der Waals surface area contributed by atoms with Crippen LogP contribution in [0.4, 0.5) is 0 Å². The Labute approximate surface area is 226 Å². The summed E-state index contributed by atoms with van der Waals surface area (Å²) in [6, 6.07) is 0. The Hall–Kier alpha value is -0.360. The number of aliphatic hydroxyl groups is 2. The van der Waals surface area contributed by atoms with E-state index < -0.39 is 29.7 Å². The van der Waals surface area contributed by atoms with Crippen LogP contribution in [0.5, 0.6) is 0 Å². The number of rotatable bonds is 26. The molecule has 9 heteroatoms. The molecule has 0 aliphatic rings. The van der Waals surface area contributed by atoms with E-state index in [0.29, 0.717) is 32.5 Å². The van der Waals surface area contributed by atoms with Crippen molar-refractivity contribution in [1.29, 1.82) is 0 Å². The van der Waals surface area contributed by atoms with Gasteiger partial charge in [-0.05, 0) is 60.8 Å². The Balaban J connectivity index is 6.68. The third-order valence-corrected chi connectivity index (χ3v) is 6.35.